The Kier molecular flexibility index (Phi) is 3.42. The minimum absolute atomic E-state index is 0.0877. The summed E-state index contributed by atoms with van der Waals surface area (Å²) in [5.74, 6) is -1.29. The van der Waals surface area contributed by atoms with Crippen LogP contribution in [0, 0.1) is 0 Å². The number of hydrogen-bond donors (Lipinski definition) is 0. The van der Waals surface area contributed by atoms with Crippen molar-refractivity contribution < 1.29 is 13.6 Å². The smallest absolute Gasteiger partial charge is 0.297 e. The van der Waals surface area contributed by atoms with Crippen molar-refractivity contribution in [2.24, 2.45) is 0 Å². The molecule has 0 aromatic carbocycles. The summed E-state index contributed by atoms with van der Waals surface area (Å²) < 4.78 is 29.6. The standard InChI is InChI=1S/C14H9F2N3OS/c15-14(16,21-12-6-1-3-7-17-12)13(20)10-9-18-11-5-2-4-8-19(10)11/h1-9H. The van der Waals surface area contributed by atoms with Crippen LogP contribution < -0.4 is 0 Å². The number of carbonyl (C=O) groups is 1. The third-order valence-corrected chi connectivity index (χ3v) is 3.68. The van der Waals surface area contributed by atoms with Crippen LogP contribution in [0.3, 0.4) is 0 Å². The summed E-state index contributed by atoms with van der Waals surface area (Å²) in [7, 11) is 0. The summed E-state index contributed by atoms with van der Waals surface area (Å²) in [6.45, 7) is 0. The van der Waals surface area contributed by atoms with E-state index in [9.17, 15) is 13.6 Å². The van der Waals surface area contributed by atoms with E-state index in [-0.39, 0.29) is 22.5 Å². The zero-order valence-electron chi connectivity index (χ0n) is 10.6. The second-order valence-corrected chi connectivity index (χ2v) is 5.32. The van der Waals surface area contributed by atoms with Crippen LogP contribution in [-0.2, 0) is 0 Å². The highest BCUT2D eigenvalue weighted by Crippen LogP contribution is 2.37. The zero-order valence-corrected chi connectivity index (χ0v) is 11.4. The molecule has 0 N–H and O–H groups in total. The molecule has 0 fully saturated rings. The lowest BCUT2D eigenvalue weighted by Crippen LogP contribution is -2.26. The van der Waals surface area contributed by atoms with Crippen LogP contribution in [0.1, 0.15) is 10.5 Å². The number of hydrogen-bond acceptors (Lipinski definition) is 4. The molecule has 3 heterocycles. The lowest BCUT2D eigenvalue weighted by atomic mass is 10.3. The minimum atomic E-state index is -3.61. The van der Waals surface area contributed by atoms with Gasteiger partial charge in [0, 0.05) is 12.4 Å². The van der Waals surface area contributed by atoms with E-state index in [4.69, 9.17) is 0 Å². The molecule has 0 aliphatic heterocycles. The van der Waals surface area contributed by atoms with E-state index < -0.39 is 11.0 Å². The van der Waals surface area contributed by atoms with Gasteiger partial charge in [0.05, 0.1) is 6.20 Å². The molecule has 0 aliphatic carbocycles. The first-order valence-electron chi connectivity index (χ1n) is 6.03. The number of Topliss-reactive ketones (excluding diaryl/α,β-unsaturated/α-hetero) is 1. The molecule has 0 amide bonds. The number of alkyl halides is 2. The summed E-state index contributed by atoms with van der Waals surface area (Å²) in [6.07, 6.45) is 4.08. The van der Waals surface area contributed by atoms with Gasteiger partial charge in [0.1, 0.15) is 16.4 Å². The number of imidazole rings is 1. The number of ketones is 1. The molecule has 106 valence electrons. The van der Waals surface area contributed by atoms with Gasteiger partial charge in [-0.2, -0.15) is 8.78 Å². The van der Waals surface area contributed by atoms with E-state index in [1.54, 1.807) is 30.3 Å². The van der Waals surface area contributed by atoms with Crippen molar-refractivity contribution in [1.29, 1.82) is 0 Å². The molecule has 0 atom stereocenters. The Hall–Kier alpha value is -2.28. The lowest BCUT2D eigenvalue weighted by molar-refractivity contribution is 0.0559. The van der Waals surface area contributed by atoms with Gasteiger partial charge in [-0.3, -0.25) is 9.20 Å². The van der Waals surface area contributed by atoms with Crippen LogP contribution >= 0.6 is 11.8 Å². The van der Waals surface area contributed by atoms with Crippen LogP contribution in [0.2, 0.25) is 0 Å². The van der Waals surface area contributed by atoms with Crippen LogP contribution in [0.25, 0.3) is 5.65 Å². The molecule has 0 aliphatic rings. The largest absolute Gasteiger partial charge is 0.363 e. The van der Waals surface area contributed by atoms with E-state index in [2.05, 4.69) is 9.97 Å². The Morgan fingerprint density at radius 2 is 1.95 bits per heavy atom. The van der Waals surface area contributed by atoms with Gasteiger partial charge in [0.25, 0.3) is 5.78 Å². The summed E-state index contributed by atoms with van der Waals surface area (Å²) in [5.41, 5.74) is 0.290. The fraction of sp³-hybridized carbons (Fsp3) is 0.0714. The van der Waals surface area contributed by atoms with Crippen LogP contribution in [0.15, 0.2) is 60.0 Å². The summed E-state index contributed by atoms with van der Waals surface area (Å²) in [6, 6.07) is 9.65. The number of thioether (sulfide) groups is 1. The lowest BCUT2D eigenvalue weighted by Gasteiger charge is -2.13. The number of nitrogens with zero attached hydrogens (tertiary/aromatic N) is 3. The minimum Gasteiger partial charge on any atom is -0.297 e. The molecule has 0 spiro atoms. The highest BCUT2D eigenvalue weighted by atomic mass is 32.2. The number of carbonyl (C=O) groups excluding carboxylic acids is 1. The van der Waals surface area contributed by atoms with Crippen molar-refractivity contribution in [1.82, 2.24) is 14.4 Å². The van der Waals surface area contributed by atoms with Crippen molar-refractivity contribution in [2.75, 3.05) is 0 Å². The fourth-order valence-corrected chi connectivity index (χ4v) is 2.55. The maximum Gasteiger partial charge on any atom is 0.363 e. The molecular formula is C14H9F2N3OS. The molecule has 21 heavy (non-hydrogen) atoms. The topological polar surface area (TPSA) is 47.3 Å². The zero-order chi connectivity index (χ0) is 14.9. The number of fused-ring (bicyclic) bond motifs is 1. The summed E-state index contributed by atoms with van der Waals surface area (Å²) in [4.78, 5) is 19.8. The first-order chi connectivity index (χ1) is 10.1. The number of pyridine rings is 2. The number of aromatic nitrogens is 3. The van der Waals surface area contributed by atoms with Gasteiger partial charge in [-0.05, 0) is 36.0 Å². The Morgan fingerprint density at radius 1 is 1.14 bits per heavy atom. The maximum atomic E-state index is 14.1. The van der Waals surface area contributed by atoms with Gasteiger partial charge >= 0.3 is 5.25 Å². The van der Waals surface area contributed by atoms with Crippen LogP contribution in [0.5, 0.6) is 0 Å². The molecule has 0 saturated heterocycles. The average molecular weight is 305 g/mol. The highest BCUT2D eigenvalue weighted by molar-refractivity contribution is 8.01. The van der Waals surface area contributed by atoms with E-state index in [0.717, 1.165) is 6.20 Å². The third kappa shape index (κ3) is 2.64. The predicted octanol–water partition coefficient (Wildman–Crippen LogP) is 3.30. The molecule has 0 unspecified atom stereocenters. The Morgan fingerprint density at radius 3 is 2.71 bits per heavy atom. The highest BCUT2D eigenvalue weighted by Gasteiger charge is 2.42. The molecule has 0 bridgehead atoms. The molecule has 0 saturated carbocycles. The molecule has 7 heteroatoms. The first-order valence-corrected chi connectivity index (χ1v) is 6.84. The van der Waals surface area contributed by atoms with Crippen molar-refractivity contribution in [3.63, 3.8) is 0 Å². The molecule has 4 nitrogen and oxygen atoms in total. The van der Waals surface area contributed by atoms with E-state index in [1.807, 2.05) is 0 Å². The molecule has 3 aromatic rings. The molecule has 0 radical (unpaired) electrons. The van der Waals surface area contributed by atoms with Crippen molar-refractivity contribution in [3.05, 3.63) is 60.7 Å². The maximum absolute atomic E-state index is 14.1. The predicted molar refractivity (Wildman–Crippen MR) is 74.6 cm³/mol. The number of rotatable bonds is 4. The SMILES string of the molecule is O=C(c1cnc2ccccn12)C(F)(F)Sc1ccccn1. The second-order valence-electron chi connectivity index (χ2n) is 4.19. The van der Waals surface area contributed by atoms with Crippen molar-refractivity contribution in [3.8, 4) is 0 Å². The number of halogens is 2. The average Bonchev–Trinajstić information content (AvgIpc) is 2.91. The van der Waals surface area contributed by atoms with Gasteiger partial charge in [0.15, 0.2) is 0 Å². The molecular weight excluding hydrogens is 296 g/mol. The van der Waals surface area contributed by atoms with Gasteiger partial charge in [0.2, 0.25) is 0 Å². The quantitative estimate of drug-likeness (QED) is 0.548. The van der Waals surface area contributed by atoms with Gasteiger partial charge in [-0.15, -0.1) is 0 Å². The fourth-order valence-electron chi connectivity index (χ4n) is 1.83. The van der Waals surface area contributed by atoms with Gasteiger partial charge in [-0.25, -0.2) is 9.97 Å². The normalized spacial score (nSPS) is 11.7. The summed E-state index contributed by atoms with van der Waals surface area (Å²) in [5, 5.41) is -3.52. The van der Waals surface area contributed by atoms with Gasteiger partial charge in [-0.1, -0.05) is 12.1 Å². The molecule has 3 aromatic heterocycles. The third-order valence-electron chi connectivity index (χ3n) is 2.78. The Bertz CT molecular complexity index is 789. The Balaban J connectivity index is 1.93. The summed E-state index contributed by atoms with van der Waals surface area (Å²) >= 11 is 0.126. The van der Waals surface area contributed by atoms with E-state index in [0.29, 0.717) is 5.65 Å². The molecule has 3 rings (SSSR count). The van der Waals surface area contributed by atoms with Crippen LogP contribution in [-0.4, -0.2) is 25.4 Å². The van der Waals surface area contributed by atoms with Crippen LogP contribution in [0.4, 0.5) is 8.78 Å². The van der Waals surface area contributed by atoms with Gasteiger partial charge < -0.3 is 0 Å². The van der Waals surface area contributed by atoms with Crippen molar-refractivity contribution in [2.45, 2.75) is 10.3 Å². The second kappa shape index (κ2) is 5.25. The van der Waals surface area contributed by atoms with E-state index >= 15 is 0 Å². The van der Waals surface area contributed by atoms with Crippen molar-refractivity contribution >= 4 is 23.2 Å². The monoisotopic (exact) mass is 305 g/mol. The van der Waals surface area contributed by atoms with E-state index in [1.165, 1.54) is 22.9 Å². The first kappa shape index (κ1) is 13.7. The Labute approximate surface area is 122 Å².